The van der Waals surface area contributed by atoms with E-state index in [4.69, 9.17) is 10.8 Å². The van der Waals surface area contributed by atoms with Gasteiger partial charge in [-0.25, -0.2) is 0 Å². The van der Waals surface area contributed by atoms with Crippen molar-refractivity contribution < 1.29 is 14.7 Å². The lowest BCUT2D eigenvalue weighted by Crippen LogP contribution is -2.48. The molecule has 3 N–H and O–H groups in total. The summed E-state index contributed by atoms with van der Waals surface area (Å²) in [7, 11) is 0. The molecule has 0 rings (SSSR count). The van der Waals surface area contributed by atoms with Gasteiger partial charge in [-0.3, -0.25) is 9.59 Å². The Morgan fingerprint density at radius 3 is 1.50 bits per heavy atom. The van der Waals surface area contributed by atoms with Gasteiger partial charge < -0.3 is 10.8 Å². The van der Waals surface area contributed by atoms with Crippen LogP contribution in [0.5, 0.6) is 0 Å². The average molecular weight is 173 g/mol. The number of aliphatic carboxylic acids is 1. The third-order valence-corrected chi connectivity index (χ3v) is 2.71. The van der Waals surface area contributed by atoms with Crippen molar-refractivity contribution in [3.05, 3.63) is 0 Å². The van der Waals surface area contributed by atoms with E-state index >= 15 is 0 Å². The molecular weight excluding hydrogens is 158 g/mol. The van der Waals surface area contributed by atoms with E-state index in [2.05, 4.69) is 0 Å². The fraction of sp³-hybridized carbons (Fsp3) is 0.750. The van der Waals surface area contributed by atoms with E-state index in [1.807, 2.05) is 0 Å². The van der Waals surface area contributed by atoms with Crippen molar-refractivity contribution in [1.29, 1.82) is 0 Å². The maximum Gasteiger partial charge on any atom is 0.310 e. The smallest absolute Gasteiger partial charge is 0.310 e. The van der Waals surface area contributed by atoms with Crippen LogP contribution in [0.15, 0.2) is 0 Å². The lowest BCUT2D eigenvalue weighted by atomic mass is 9.67. The van der Waals surface area contributed by atoms with Crippen molar-refractivity contribution in [3.8, 4) is 0 Å². The maximum absolute atomic E-state index is 10.9. The zero-order valence-corrected chi connectivity index (χ0v) is 7.84. The largest absolute Gasteiger partial charge is 0.481 e. The van der Waals surface area contributed by atoms with Gasteiger partial charge in [0.1, 0.15) is 0 Å². The number of primary amides is 1. The van der Waals surface area contributed by atoms with Crippen molar-refractivity contribution >= 4 is 11.9 Å². The van der Waals surface area contributed by atoms with Gasteiger partial charge in [0.15, 0.2) is 0 Å². The lowest BCUT2D eigenvalue weighted by Gasteiger charge is -2.34. The zero-order valence-electron chi connectivity index (χ0n) is 7.84. The van der Waals surface area contributed by atoms with Crippen LogP contribution in [0.3, 0.4) is 0 Å². The minimum absolute atomic E-state index is 0.602. The Kier molecular flexibility index (Phi) is 2.52. The van der Waals surface area contributed by atoms with Crippen molar-refractivity contribution in [2.45, 2.75) is 27.7 Å². The highest BCUT2D eigenvalue weighted by Gasteiger charge is 2.47. The van der Waals surface area contributed by atoms with Gasteiger partial charge in [0.2, 0.25) is 5.91 Å². The van der Waals surface area contributed by atoms with E-state index in [-0.39, 0.29) is 0 Å². The number of carbonyl (C=O) groups excluding carboxylic acids is 1. The summed E-state index contributed by atoms with van der Waals surface area (Å²) < 4.78 is 0. The Morgan fingerprint density at radius 2 is 1.42 bits per heavy atom. The third-order valence-electron chi connectivity index (χ3n) is 2.71. The first kappa shape index (κ1) is 10.9. The highest BCUT2D eigenvalue weighted by atomic mass is 16.4. The topological polar surface area (TPSA) is 80.4 Å². The molecule has 0 fully saturated rings. The molecule has 0 aromatic rings. The van der Waals surface area contributed by atoms with Crippen LogP contribution in [-0.2, 0) is 9.59 Å². The Balaban J connectivity index is 5.01. The molecule has 0 aliphatic rings. The predicted molar refractivity (Wildman–Crippen MR) is 44.4 cm³/mol. The predicted octanol–water partition coefficient (Wildman–Crippen LogP) is 0.609. The van der Waals surface area contributed by atoms with E-state index in [1.54, 1.807) is 0 Å². The van der Waals surface area contributed by atoms with Crippen LogP contribution in [-0.4, -0.2) is 17.0 Å². The fourth-order valence-corrected chi connectivity index (χ4v) is 0.575. The molecule has 1 amide bonds. The molecule has 0 bridgehead atoms. The molecule has 0 aliphatic heterocycles. The van der Waals surface area contributed by atoms with E-state index < -0.39 is 22.7 Å². The molecule has 70 valence electrons. The molecule has 0 aromatic heterocycles. The van der Waals surface area contributed by atoms with Crippen LogP contribution < -0.4 is 5.73 Å². The molecule has 0 radical (unpaired) electrons. The molecule has 4 heteroatoms. The average Bonchev–Trinajstić information content (AvgIpc) is 1.86. The second-order valence-corrected chi connectivity index (χ2v) is 3.92. The molecule has 0 saturated heterocycles. The minimum atomic E-state index is -1.14. The van der Waals surface area contributed by atoms with Gasteiger partial charge in [-0.1, -0.05) is 0 Å². The van der Waals surface area contributed by atoms with Crippen LogP contribution in [0.25, 0.3) is 0 Å². The van der Waals surface area contributed by atoms with Crippen LogP contribution in [0.4, 0.5) is 0 Å². The Morgan fingerprint density at radius 1 is 1.08 bits per heavy atom. The first-order valence-electron chi connectivity index (χ1n) is 3.67. The highest BCUT2D eigenvalue weighted by Crippen LogP contribution is 2.38. The molecule has 0 unspecified atom stereocenters. The van der Waals surface area contributed by atoms with E-state index in [1.165, 1.54) is 27.7 Å². The summed E-state index contributed by atoms with van der Waals surface area (Å²) in [5.74, 6) is -1.62. The van der Waals surface area contributed by atoms with Gasteiger partial charge in [-0.2, -0.15) is 0 Å². The molecule has 12 heavy (non-hydrogen) atoms. The van der Waals surface area contributed by atoms with Gasteiger partial charge in [0.05, 0.1) is 10.8 Å². The van der Waals surface area contributed by atoms with Gasteiger partial charge in [-0.15, -0.1) is 0 Å². The van der Waals surface area contributed by atoms with Crippen LogP contribution >= 0.6 is 0 Å². The Hall–Kier alpha value is -1.06. The van der Waals surface area contributed by atoms with Crippen molar-refractivity contribution in [1.82, 2.24) is 0 Å². The quantitative estimate of drug-likeness (QED) is 0.656. The van der Waals surface area contributed by atoms with Crippen molar-refractivity contribution in [3.63, 3.8) is 0 Å². The monoisotopic (exact) mass is 173 g/mol. The number of carboxylic acid groups (broad SMARTS) is 1. The van der Waals surface area contributed by atoms with E-state index in [9.17, 15) is 9.59 Å². The molecule has 0 atom stereocenters. The first-order valence-corrected chi connectivity index (χ1v) is 3.67. The maximum atomic E-state index is 10.9. The molecule has 0 saturated carbocycles. The number of carboxylic acids is 1. The molecule has 0 heterocycles. The number of hydrogen-bond donors (Lipinski definition) is 2. The first-order chi connectivity index (χ1) is 5.14. The van der Waals surface area contributed by atoms with Crippen LogP contribution in [0, 0.1) is 10.8 Å². The van der Waals surface area contributed by atoms with Gasteiger partial charge >= 0.3 is 5.97 Å². The van der Waals surface area contributed by atoms with Gasteiger partial charge in [0, 0.05) is 0 Å². The van der Waals surface area contributed by atoms with Gasteiger partial charge in [-0.05, 0) is 27.7 Å². The van der Waals surface area contributed by atoms with E-state index in [0.29, 0.717) is 0 Å². The fourth-order valence-electron chi connectivity index (χ4n) is 0.575. The normalized spacial score (nSPS) is 12.7. The summed E-state index contributed by atoms with van der Waals surface area (Å²) in [5.41, 5.74) is 2.91. The second-order valence-electron chi connectivity index (χ2n) is 3.92. The summed E-state index contributed by atoms with van der Waals surface area (Å²) in [6.45, 7) is 6.03. The Labute approximate surface area is 71.8 Å². The Bertz CT molecular complexity index is 194. The number of nitrogens with two attached hydrogens (primary N) is 1. The third kappa shape index (κ3) is 1.42. The summed E-state index contributed by atoms with van der Waals surface area (Å²) in [5, 5.41) is 8.82. The minimum Gasteiger partial charge on any atom is -0.481 e. The number of hydrogen-bond acceptors (Lipinski definition) is 2. The number of rotatable bonds is 3. The second kappa shape index (κ2) is 2.77. The molecule has 0 spiro atoms. The summed E-state index contributed by atoms with van der Waals surface area (Å²) in [6, 6.07) is 0. The SMILES string of the molecule is CC(C)(C(N)=O)C(C)(C)C(=O)O. The summed E-state index contributed by atoms with van der Waals surface area (Å²) in [6.07, 6.45) is 0. The number of carbonyl (C=O) groups is 2. The zero-order chi connectivity index (χ0) is 10.2. The van der Waals surface area contributed by atoms with Crippen molar-refractivity contribution in [2.24, 2.45) is 16.6 Å². The van der Waals surface area contributed by atoms with E-state index in [0.717, 1.165) is 0 Å². The molecule has 4 nitrogen and oxygen atoms in total. The van der Waals surface area contributed by atoms with Crippen LogP contribution in [0.1, 0.15) is 27.7 Å². The number of amides is 1. The molecule has 0 aliphatic carbocycles. The highest BCUT2D eigenvalue weighted by molar-refractivity contribution is 5.88. The summed E-state index contributed by atoms with van der Waals surface area (Å²) in [4.78, 5) is 21.7. The summed E-state index contributed by atoms with van der Waals surface area (Å²) >= 11 is 0. The van der Waals surface area contributed by atoms with Gasteiger partial charge in [0.25, 0.3) is 0 Å². The van der Waals surface area contributed by atoms with Crippen LogP contribution in [0.2, 0.25) is 0 Å². The lowest BCUT2D eigenvalue weighted by molar-refractivity contribution is -0.158. The molecular formula is C8H15NO3. The standard InChI is InChI=1S/C8H15NO3/c1-7(2,5(9)10)8(3,4)6(11)12/h1-4H3,(H2,9,10)(H,11,12). The van der Waals surface area contributed by atoms with Crippen molar-refractivity contribution in [2.75, 3.05) is 0 Å². The molecule has 0 aromatic carbocycles.